The summed E-state index contributed by atoms with van der Waals surface area (Å²) in [6, 6.07) is 9.22. The second-order valence-electron chi connectivity index (χ2n) is 3.43. The molecule has 2 rings (SSSR count). The maximum Gasteiger partial charge on any atom is 0.168 e. The zero-order chi connectivity index (χ0) is 11.5. The van der Waals surface area contributed by atoms with Crippen LogP contribution in [0.15, 0.2) is 30.5 Å². The van der Waals surface area contributed by atoms with Crippen LogP contribution in [0, 0.1) is 18.3 Å². The minimum atomic E-state index is 0.519. The molecule has 4 nitrogen and oxygen atoms in total. The number of aryl methyl sites for hydroxylation is 1. The van der Waals surface area contributed by atoms with Gasteiger partial charge < -0.3 is 4.74 Å². The minimum absolute atomic E-state index is 0.519. The molecule has 2 aromatic rings. The number of benzene rings is 1. The van der Waals surface area contributed by atoms with Gasteiger partial charge in [0.2, 0.25) is 0 Å². The van der Waals surface area contributed by atoms with Gasteiger partial charge in [-0.1, -0.05) is 12.1 Å². The number of hydrogen-bond donors (Lipinski definition) is 0. The van der Waals surface area contributed by atoms with Crippen LogP contribution in [0.1, 0.15) is 11.3 Å². The highest BCUT2D eigenvalue weighted by Crippen LogP contribution is 2.26. The molecular weight excluding hydrogens is 202 g/mol. The van der Waals surface area contributed by atoms with Crippen LogP contribution in [-0.2, 0) is 7.05 Å². The second kappa shape index (κ2) is 4.07. The summed E-state index contributed by atoms with van der Waals surface area (Å²) in [4.78, 5) is 0. The van der Waals surface area contributed by atoms with Crippen molar-refractivity contribution in [1.82, 2.24) is 9.78 Å². The fourth-order valence-corrected chi connectivity index (χ4v) is 1.35. The number of nitrogens with zero attached hydrogens (tertiary/aromatic N) is 3. The lowest BCUT2D eigenvalue weighted by molar-refractivity contribution is 0.476. The summed E-state index contributed by atoms with van der Waals surface area (Å²) in [6.45, 7) is 1.91. The van der Waals surface area contributed by atoms with E-state index in [9.17, 15) is 0 Å². The number of rotatable bonds is 2. The Labute approximate surface area is 93.7 Å². The summed E-state index contributed by atoms with van der Waals surface area (Å²) < 4.78 is 7.37. The van der Waals surface area contributed by atoms with Gasteiger partial charge in [-0.3, -0.25) is 4.68 Å². The van der Waals surface area contributed by atoms with E-state index in [1.807, 2.05) is 26.1 Å². The molecule has 0 saturated carbocycles. The second-order valence-corrected chi connectivity index (χ2v) is 3.43. The van der Waals surface area contributed by atoms with E-state index < -0.39 is 0 Å². The topological polar surface area (TPSA) is 50.8 Å². The molecule has 80 valence electrons. The summed E-state index contributed by atoms with van der Waals surface area (Å²) in [5, 5.41) is 13.0. The highest BCUT2D eigenvalue weighted by atomic mass is 16.5. The molecule has 0 atom stereocenters. The maximum absolute atomic E-state index is 8.92. The molecule has 4 heteroatoms. The number of nitriles is 1. The van der Waals surface area contributed by atoms with Crippen molar-refractivity contribution in [3.8, 4) is 17.6 Å². The minimum Gasteiger partial charge on any atom is -0.452 e. The van der Waals surface area contributed by atoms with Gasteiger partial charge in [0, 0.05) is 7.05 Å². The molecule has 0 N–H and O–H groups in total. The Kier molecular flexibility index (Phi) is 2.61. The highest BCUT2D eigenvalue weighted by Gasteiger charge is 2.08. The summed E-state index contributed by atoms with van der Waals surface area (Å²) in [6.07, 6.45) is 1.64. The van der Waals surface area contributed by atoms with Gasteiger partial charge in [0.25, 0.3) is 0 Å². The normalized spacial score (nSPS) is 9.81. The first-order valence-corrected chi connectivity index (χ1v) is 4.88. The fraction of sp³-hybridized carbons (Fsp3) is 0.167. The van der Waals surface area contributed by atoms with Crippen molar-refractivity contribution >= 4 is 0 Å². The maximum atomic E-state index is 8.92. The summed E-state index contributed by atoms with van der Waals surface area (Å²) in [7, 11) is 1.85. The van der Waals surface area contributed by atoms with Crippen LogP contribution in [-0.4, -0.2) is 9.78 Å². The first kappa shape index (κ1) is 10.2. The third kappa shape index (κ3) is 1.75. The Morgan fingerprint density at radius 2 is 2.06 bits per heavy atom. The predicted molar refractivity (Wildman–Crippen MR) is 59.2 cm³/mol. The van der Waals surface area contributed by atoms with Gasteiger partial charge in [-0.2, -0.15) is 10.4 Å². The van der Waals surface area contributed by atoms with Crippen molar-refractivity contribution in [2.75, 3.05) is 0 Å². The SMILES string of the molecule is Cc1c(Oc2ccccc2C#N)cnn1C. The lowest BCUT2D eigenvalue weighted by atomic mass is 10.2. The third-order valence-electron chi connectivity index (χ3n) is 2.42. The van der Waals surface area contributed by atoms with Gasteiger partial charge in [-0.05, 0) is 19.1 Å². The van der Waals surface area contributed by atoms with E-state index >= 15 is 0 Å². The average molecular weight is 213 g/mol. The quantitative estimate of drug-likeness (QED) is 0.769. The molecule has 0 saturated heterocycles. The Hall–Kier alpha value is -2.28. The molecule has 0 radical (unpaired) electrons. The highest BCUT2D eigenvalue weighted by molar-refractivity contribution is 5.45. The molecule has 0 fully saturated rings. The average Bonchev–Trinajstić information content (AvgIpc) is 2.62. The van der Waals surface area contributed by atoms with Crippen LogP contribution in [0.3, 0.4) is 0 Å². The zero-order valence-corrected chi connectivity index (χ0v) is 9.14. The van der Waals surface area contributed by atoms with Gasteiger partial charge >= 0.3 is 0 Å². The van der Waals surface area contributed by atoms with Gasteiger partial charge in [-0.15, -0.1) is 0 Å². The van der Waals surface area contributed by atoms with Gasteiger partial charge in [0.1, 0.15) is 11.8 Å². The molecule has 1 heterocycles. The Bertz CT molecular complexity index is 552. The van der Waals surface area contributed by atoms with E-state index in [0.717, 1.165) is 5.69 Å². The standard InChI is InChI=1S/C12H11N3O/c1-9-12(8-14-15(9)2)16-11-6-4-3-5-10(11)7-13/h3-6,8H,1-2H3. The van der Waals surface area contributed by atoms with Gasteiger partial charge in [0.15, 0.2) is 5.75 Å². The van der Waals surface area contributed by atoms with Gasteiger partial charge in [0.05, 0.1) is 17.5 Å². The molecule has 0 aliphatic carbocycles. The Morgan fingerprint density at radius 3 is 2.69 bits per heavy atom. The van der Waals surface area contributed by atoms with E-state index in [-0.39, 0.29) is 0 Å². The first-order chi connectivity index (χ1) is 7.72. The number of para-hydroxylation sites is 1. The van der Waals surface area contributed by atoms with Crippen LogP contribution >= 0.6 is 0 Å². The van der Waals surface area contributed by atoms with E-state index in [1.54, 1.807) is 23.0 Å². The molecule has 0 amide bonds. The lowest BCUT2D eigenvalue weighted by Crippen LogP contribution is -1.93. The predicted octanol–water partition coefficient (Wildman–Crippen LogP) is 2.39. The van der Waals surface area contributed by atoms with Crippen molar-refractivity contribution in [2.24, 2.45) is 7.05 Å². The Balaban J connectivity index is 2.35. The van der Waals surface area contributed by atoms with E-state index in [2.05, 4.69) is 11.2 Å². The number of aromatic nitrogens is 2. The van der Waals surface area contributed by atoms with E-state index in [1.165, 1.54) is 0 Å². The monoisotopic (exact) mass is 213 g/mol. The number of ether oxygens (including phenoxy) is 1. The first-order valence-electron chi connectivity index (χ1n) is 4.88. The van der Waals surface area contributed by atoms with E-state index in [0.29, 0.717) is 17.1 Å². The van der Waals surface area contributed by atoms with Crippen LogP contribution in [0.5, 0.6) is 11.5 Å². The van der Waals surface area contributed by atoms with Crippen LogP contribution in [0.4, 0.5) is 0 Å². The lowest BCUT2D eigenvalue weighted by Gasteiger charge is -2.05. The smallest absolute Gasteiger partial charge is 0.168 e. The molecular formula is C12H11N3O. The molecule has 0 aliphatic heterocycles. The van der Waals surface area contributed by atoms with Crippen molar-refractivity contribution in [2.45, 2.75) is 6.92 Å². The van der Waals surface area contributed by atoms with Crippen molar-refractivity contribution in [3.05, 3.63) is 41.7 Å². The number of hydrogen-bond acceptors (Lipinski definition) is 3. The fourth-order valence-electron chi connectivity index (χ4n) is 1.35. The summed E-state index contributed by atoms with van der Waals surface area (Å²) >= 11 is 0. The molecule has 1 aromatic carbocycles. The largest absolute Gasteiger partial charge is 0.452 e. The summed E-state index contributed by atoms with van der Waals surface area (Å²) in [5.41, 5.74) is 1.44. The van der Waals surface area contributed by atoms with Crippen molar-refractivity contribution < 1.29 is 4.74 Å². The van der Waals surface area contributed by atoms with Crippen LogP contribution in [0.2, 0.25) is 0 Å². The van der Waals surface area contributed by atoms with Crippen LogP contribution in [0.25, 0.3) is 0 Å². The third-order valence-corrected chi connectivity index (χ3v) is 2.42. The summed E-state index contributed by atoms with van der Waals surface area (Å²) in [5.74, 6) is 1.23. The Morgan fingerprint density at radius 1 is 1.31 bits per heavy atom. The zero-order valence-electron chi connectivity index (χ0n) is 9.14. The van der Waals surface area contributed by atoms with Crippen molar-refractivity contribution in [1.29, 1.82) is 5.26 Å². The van der Waals surface area contributed by atoms with E-state index in [4.69, 9.17) is 10.00 Å². The molecule has 0 aliphatic rings. The molecule has 0 spiro atoms. The molecule has 0 bridgehead atoms. The van der Waals surface area contributed by atoms with Gasteiger partial charge in [-0.25, -0.2) is 0 Å². The molecule has 16 heavy (non-hydrogen) atoms. The molecule has 0 unspecified atom stereocenters. The molecule has 1 aromatic heterocycles. The van der Waals surface area contributed by atoms with Crippen LogP contribution < -0.4 is 4.74 Å². The van der Waals surface area contributed by atoms with Crippen molar-refractivity contribution in [3.63, 3.8) is 0 Å².